The molecule has 1 heterocycles. The number of rotatable bonds is 2. The van der Waals surface area contributed by atoms with Crippen molar-refractivity contribution in [3.8, 4) is 0 Å². The number of likely N-dealkylation sites (tertiary alicyclic amines) is 1. The Balaban J connectivity index is 2.09. The minimum Gasteiger partial charge on any atom is -0.390 e. The van der Waals surface area contributed by atoms with Gasteiger partial charge in [0.15, 0.2) is 0 Å². The molecule has 20 heavy (non-hydrogen) atoms. The van der Waals surface area contributed by atoms with Crippen molar-refractivity contribution in [2.45, 2.75) is 31.8 Å². The van der Waals surface area contributed by atoms with Crippen LogP contribution in [0.15, 0.2) is 24.3 Å². The topological polar surface area (TPSA) is 83.7 Å². The summed E-state index contributed by atoms with van der Waals surface area (Å²) in [6, 6.07) is 5.62. The summed E-state index contributed by atoms with van der Waals surface area (Å²) < 4.78 is 0. The van der Waals surface area contributed by atoms with Crippen LogP contribution >= 0.6 is 0 Å². The second kappa shape index (κ2) is 5.58. The highest BCUT2D eigenvalue weighted by molar-refractivity contribution is 5.94. The standard InChI is InChI=1S/C14H18N2O4/c1-14(18)7-2-9-15(10-8-14)13(17)11-3-5-12(6-4-11)16(19)20/h3-6,18H,2,7-10H2,1H3. The average Bonchev–Trinajstić information content (AvgIpc) is 2.59. The fourth-order valence-corrected chi connectivity index (χ4v) is 2.37. The van der Waals surface area contributed by atoms with Gasteiger partial charge in [-0.15, -0.1) is 0 Å². The smallest absolute Gasteiger partial charge is 0.269 e. The fourth-order valence-electron chi connectivity index (χ4n) is 2.37. The zero-order chi connectivity index (χ0) is 14.8. The second-order valence-electron chi connectivity index (χ2n) is 5.45. The predicted molar refractivity (Wildman–Crippen MR) is 73.5 cm³/mol. The summed E-state index contributed by atoms with van der Waals surface area (Å²) in [5.74, 6) is -0.141. The van der Waals surface area contributed by atoms with E-state index >= 15 is 0 Å². The van der Waals surface area contributed by atoms with Crippen LogP contribution in [0.1, 0.15) is 36.5 Å². The number of nitrogens with zero attached hydrogens (tertiary/aromatic N) is 2. The lowest BCUT2D eigenvalue weighted by molar-refractivity contribution is -0.384. The monoisotopic (exact) mass is 278 g/mol. The van der Waals surface area contributed by atoms with Crippen molar-refractivity contribution in [2.24, 2.45) is 0 Å². The normalized spacial score (nSPS) is 23.2. The number of carbonyl (C=O) groups is 1. The third kappa shape index (κ3) is 3.33. The molecule has 1 aromatic rings. The summed E-state index contributed by atoms with van der Waals surface area (Å²) in [5, 5.41) is 20.6. The van der Waals surface area contributed by atoms with E-state index in [1.54, 1.807) is 11.8 Å². The zero-order valence-corrected chi connectivity index (χ0v) is 11.4. The van der Waals surface area contributed by atoms with Crippen molar-refractivity contribution < 1.29 is 14.8 Å². The number of nitro groups is 1. The van der Waals surface area contributed by atoms with Crippen molar-refractivity contribution in [2.75, 3.05) is 13.1 Å². The van der Waals surface area contributed by atoms with Crippen molar-refractivity contribution in [1.29, 1.82) is 0 Å². The summed E-state index contributed by atoms with van der Waals surface area (Å²) in [5.41, 5.74) is -0.303. The van der Waals surface area contributed by atoms with Gasteiger partial charge in [-0.2, -0.15) is 0 Å². The Bertz CT molecular complexity index is 510. The van der Waals surface area contributed by atoms with Gasteiger partial charge in [0.2, 0.25) is 0 Å². The number of carbonyl (C=O) groups excluding carboxylic acids is 1. The molecule has 0 bridgehead atoms. The van der Waals surface area contributed by atoms with Crippen LogP contribution in [0.3, 0.4) is 0 Å². The quantitative estimate of drug-likeness (QED) is 0.662. The van der Waals surface area contributed by atoms with Gasteiger partial charge in [0.05, 0.1) is 10.5 Å². The molecule has 0 aromatic heterocycles. The lowest BCUT2D eigenvalue weighted by Gasteiger charge is -2.22. The summed E-state index contributed by atoms with van der Waals surface area (Å²) in [4.78, 5) is 24.1. The first-order valence-corrected chi connectivity index (χ1v) is 6.65. The van der Waals surface area contributed by atoms with Gasteiger partial charge in [-0.3, -0.25) is 14.9 Å². The molecule has 6 nitrogen and oxygen atoms in total. The van der Waals surface area contributed by atoms with E-state index in [9.17, 15) is 20.0 Å². The first-order valence-electron chi connectivity index (χ1n) is 6.65. The average molecular weight is 278 g/mol. The molecule has 6 heteroatoms. The summed E-state index contributed by atoms with van der Waals surface area (Å²) in [7, 11) is 0. The van der Waals surface area contributed by atoms with Crippen LogP contribution < -0.4 is 0 Å². The third-order valence-electron chi connectivity index (χ3n) is 3.68. The van der Waals surface area contributed by atoms with Crippen LogP contribution in [0.25, 0.3) is 0 Å². The van der Waals surface area contributed by atoms with Crippen LogP contribution in [0, 0.1) is 10.1 Å². The van der Waals surface area contributed by atoms with Gasteiger partial charge in [-0.25, -0.2) is 0 Å². The fraction of sp³-hybridized carbons (Fsp3) is 0.500. The largest absolute Gasteiger partial charge is 0.390 e. The van der Waals surface area contributed by atoms with Gasteiger partial charge >= 0.3 is 0 Å². The molecule has 0 spiro atoms. The van der Waals surface area contributed by atoms with E-state index in [0.29, 0.717) is 31.5 Å². The van der Waals surface area contributed by atoms with E-state index in [4.69, 9.17) is 0 Å². The number of amides is 1. The lowest BCUT2D eigenvalue weighted by atomic mass is 9.98. The number of hydrogen-bond acceptors (Lipinski definition) is 4. The maximum Gasteiger partial charge on any atom is 0.269 e. The Morgan fingerprint density at radius 1 is 1.30 bits per heavy atom. The van der Waals surface area contributed by atoms with Gasteiger partial charge in [0.1, 0.15) is 0 Å². The molecule has 1 amide bonds. The van der Waals surface area contributed by atoms with Crippen LogP contribution in [0.5, 0.6) is 0 Å². The molecule has 1 aromatic carbocycles. The molecule has 1 aliphatic heterocycles. The highest BCUT2D eigenvalue weighted by Gasteiger charge is 2.27. The summed E-state index contributed by atoms with van der Waals surface area (Å²) in [6.45, 7) is 2.89. The zero-order valence-electron chi connectivity index (χ0n) is 11.4. The van der Waals surface area contributed by atoms with Crippen molar-refractivity contribution in [3.05, 3.63) is 39.9 Å². The molecule has 1 fully saturated rings. The molecule has 0 saturated carbocycles. The number of hydrogen-bond donors (Lipinski definition) is 1. The van der Waals surface area contributed by atoms with Crippen molar-refractivity contribution in [3.63, 3.8) is 0 Å². The summed E-state index contributed by atoms with van der Waals surface area (Å²) >= 11 is 0. The van der Waals surface area contributed by atoms with Gasteiger partial charge in [0, 0.05) is 30.8 Å². The van der Waals surface area contributed by atoms with Crippen LogP contribution in [0.4, 0.5) is 5.69 Å². The summed E-state index contributed by atoms with van der Waals surface area (Å²) in [6.07, 6.45) is 1.98. The van der Waals surface area contributed by atoms with Crippen molar-refractivity contribution in [1.82, 2.24) is 4.90 Å². The van der Waals surface area contributed by atoms with E-state index in [2.05, 4.69) is 0 Å². The van der Waals surface area contributed by atoms with Crippen LogP contribution in [-0.2, 0) is 0 Å². The third-order valence-corrected chi connectivity index (χ3v) is 3.68. The molecule has 1 unspecified atom stereocenters. The Kier molecular flexibility index (Phi) is 4.04. The lowest BCUT2D eigenvalue weighted by Crippen LogP contribution is -2.33. The van der Waals surface area contributed by atoms with E-state index in [1.807, 2.05) is 0 Å². The first-order chi connectivity index (χ1) is 9.39. The molecule has 0 aliphatic carbocycles. The molecule has 0 radical (unpaired) electrons. The van der Waals surface area contributed by atoms with E-state index in [1.165, 1.54) is 24.3 Å². The second-order valence-corrected chi connectivity index (χ2v) is 5.45. The number of nitro benzene ring substituents is 1. The van der Waals surface area contributed by atoms with E-state index in [-0.39, 0.29) is 11.6 Å². The molecular weight excluding hydrogens is 260 g/mol. The number of benzene rings is 1. The highest BCUT2D eigenvalue weighted by atomic mass is 16.6. The molecular formula is C14H18N2O4. The Hall–Kier alpha value is -1.95. The van der Waals surface area contributed by atoms with E-state index < -0.39 is 10.5 Å². The Morgan fingerprint density at radius 3 is 2.55 bits per heavy atom. The Labute approximate surface area is 117 Å². The first kappa shape index (κ1) is 14.5. The van der Waals surface area contributed by atoms with Gasteiger partial charge < -0.3 is 10.0 Å². The molecule has 2 rings (SSSR count). The molecule has 1 saturated heterocycles. The number of aliphatic hydroxyl groups is 1. The molecule has 108 valence electrons. The van der Waals surface area contributed by atoms with E-state index in [0.717, 1.165) is 6.42 Å². The maximum absolute atomic E-state index is 12.3. The molecule has 1 aliphatic rings. The number of non-ortho nitro benzene ring substituents is 1. The van der Waals surface area contributed by atoms with Gasteiger partial charge in [-0.1, -0.05) is 0 Å². The van der Waals surface area contributed by atoms with Crippen molar-refractivity contribution >= 4 is 11.6 Å². The minimum absolute atomic E-state index is 0.0275. The van der Waals surface area contributed by atoms with Crippen LogP contribution in [-0.4, -0.2) is 39.5 Å². The maximum atomic E-state index is 12.3. The SMILES string of the molecule is CC1(O)CCCN(C(=O)c2ccc([N+](=O)[O-])cc2)CC1. The molecule has 1 atom stereocenters. The van der Waals surface area contributed by atoms with Gasteiger partial charge in [-0.05, 0) is 38.3 Å². The van der Waals surface area contributed by atoms with Crippen LogP contribution in [0.2, 0.25) is 0 Å². The predicted octanol–water partition coefficient (Wildman–Crippen LogP) is 1.97. The molecule has 1 N–H and O–H groups in total. The Morgan fingerprint density at radius 2 is 1.95 bits per heavy atom. The minimum atomic E-state index is -0.718. The highest BCUT2D eigenvalue weighted by Crippen LogP contribution is 2.22. The van der Waals surface area contributed by atoms with Gasteiger partial charge in [0.25, 0.3) is 11.6 Å².